The zero-order valence-corrected chi connectivity index (χ0v) is 8.41. The van der Waals surface area contributed by atoms with Crippen LogP contribution in [0.25, 0.3) is 0 Å². The molecule has 13 heavy (non-hydrogen) atoms. The van der Waals surface area contributed by atoms with E-state index < -0.39 is 0 Å². The number of carbonyl (C=O) groups excluding carboxylic acids is 1. The number of fused-ring (bicyclic) bond motifs is 1. The lowest BCUT2D eigenvalue weighted by atomic mass is 10.2. The van der Waals surface area contributed by atoms with Gasteiger partial charge in [-0.25, -0.2) is 0 Å². The molecule has 0 heterocycles. The van der Waals surface area contributed by atoms with Crippen LogP contribution in [-0.4, -0.2) is 5.97 Å². The summed E-state index contributed by atoms with van der Waals surface area (Å²) < 4.78 is 4.92. The quantitative estimate of drug-likeness (QED) is 0.580. The Labute approximate surface area is 79.3 Å². The van der Waals surface area contributed by atoms with Gasteiger partial charge in [0.15, 0.2) is 0 Å². The lowest BCUT2D eigenvalue weighted by Gasteiger charge is -2.04. The highest BCUT2D eigenvalue weighted by atomic mass is 16.5. The first kappa shape index (κ1) is 10.0. The second-order valence-electron chi connectivity index (χ2n) is 3.09. The van der Waals surface area contributed by atoms with Crippen LogP contribution in [0.3, 0.4) is 0 Å². The number of ether oxygens (including phenoxy) is 1. The van der Waals surface area contributed by atoms with Crippen molar-refractivity contribution in [2.45, 2.75) is 27.2 Å². The molecule has 2 heteroatoms. The highest BCUT2D eigenvalue weighted by Gasteiger charge is 2.35. The van der Waals surface area contributed by atoms with Gasteiger partial charge in [-0.2, -0.15) is 0 Å². The summed E-state index contributed by atoms with van der Waals surface area (Å²) in [5.74, 6) is 1.86. The maximum Gasteiger partial charge on any atom is 0.308 e. The number of allylic oxidation sites excluding steroid dienone is 3. The van der Waals surface area contributed by atoms with Crippen molar-refractivity contribution in [3.8, 4) is 0 Å². The molecule has 0 spiro atoms. The zero-order valence-electron chi connectivity index (χ0n) is 8.41. The minimum atomic E-state index is -0.236. The summed E-state index contributed by atoms with van der Waals surface area (Å²) in [6.07, 6.45) is 7.26. The molecular formula is C11H16O2. The molecule has 0 amide bonds. The van der Waals surface area contributed by atoms with Crippen molar-refractivity contribution in [1.29, 1.82) is 0 Å². The Kier molecular flexibility index (Phi) is 3.29. The molecule has 0 saturated heterocycles. The fourth-order valence-corrected chi connectivity index (χ4v) is 1.37. The molecule has 0 N–H and O–H groups in total. The largest absolute Gasteiger partial charge is 0.427 e. The Morgan fingerprint density at radius 3 is 2.69 bits per heavy atom. The number of hydrogen-bond acceptors (Lipinski definition) is 2. The molecule has 2 rings (SSSR count). The maximum absolute atomic E-state index is 10.5. The van der Waals surface area contributed by atoms with E-state index in [1.54, 1.807) is 0 Å². The van der Waals surface area contributed by atoms with Crippen molar-refractivity contribution < 1.29 is 9.53 Å². The van der Waals surface area contributed by atoms with Gasteiger partial charge in [0.1, 0.15) is 5.76 Å². The van der Waals surface area contributed by atoms with Crippen molar-refractivity contribution in [1.82, 2.24) is 0 Å². The lowest BCUT2D eigenvalue weighted by molar-refractivity contribution is -0.136. The third-order valence-electron chi connectivity index (χ3n) is 2.04. The second kappa shape index (κ2) is 4.26. The molecule has 0 bridgehead atoms. The van der Waals surface area contributed by atoms with Gasteiger partial charge in [0, 0.05) is 6.92 Å². The molecule has 0 aromatic carbocycles. The Balaban J connectivity index is 0.000000396. The fourth-order valence-electron chi connectivity index (χ4n) is 1.37. The van der Waals surface area contributed by atoms with Gasteiger partial charge in [0.05, 0.1) is 0 Å². The minimum Gasteiger partial charge on any atom is -0.427 e. The van der Waals surface area contributed by atoms with E-state index in [2.05, 4.69) is 6.08 Å². The van der Waals surface area contributed by atoms with E-state index in [1.807, 2.05) is 26.0 Å². The summed E-state index contributed by atoms with van der Waals surface area (Å²) in [4.78, 5) is 10.5. The lowest BCUT2D eigenvalue weighted by Crippen LogP contribution is -1.99. The molecular weight excluding hydrogens is 164 g/mol. The summed E-state index contributed by atoms with van der Waals surface area (Å²) in [7, 11) is 0. The number of carbonyl (C=O) groups is 1. The van der Waals surface area contributed by atoms with Crippen LogP contribution < -0.4 is 0 Å². The standard InChI is InChI=1S/C9H10O2.C2H6/c1-6(10)11-9-3-2-7-4-8(7)5-9;1-2/h2-3,5,7-8H,4H2,1H3;1-2H3. The first-order chi connectivity index (χ1) is 6.25. The van der Waals surface area contributed by atoms with E-state index >= 15 is 0 Å². The van der Waals surface area contributed by atoms with Gasteiger partial charge in [-0.3, -0.25) is 4.79 Å². The highest BCUT2D eigenvalue weighted by Crippen LogP contribution is 2.44. The second-order valence-corrected chi connectivity index (χ2v) is 3.09. The van der Waals surface area contributed by atoms with Crippen molar-refractivity contribution in [3.05, 3.63) is 24.0 Å². The third-order valence-corrected chi connectivity index (χ3v) is 2.04. The van der Waals surface area contributed by atoms with Crippen LogP contribution in [0.1, 0.15) is 27.2 Å². The van der Waals surface area contributed by atoms with Gasteiger partial charge >= 0.3 is 5.97 Å². The molecule has 0 aromatic rings. The zero-order chi connectivity index (χ0) is 9.84. The molecule has 2 unspecified atom stereocenters. The predicted molar refractivity (Wildman–Crippen MR) is 51.9 cm³/mol. The molecule has 0 aliphatic heterocycles. The Hall–Kier alpha value is -1.05. The summed E-state index contributed by atoms with van der Waals surface area (Å²) in [6, 6.07) is 0. The van der Waals surface area contributed by atoms with Crippen molar-refractivity contribution in [2.24, 2.45) is 11.8 Å². The fraction of sp³-hybridized carbons (Fsp3) is 0.545. The topological polar surface area (TPSA) is 26.3 Å². The average molecular weight is 180 g/mol. The van der Waals surface area contributed by atoms with E-state index in [1.165, 1.54) is 13.3 Å². The van der Waals surface area contributed by atoms with E-state index in [9.17, 15) is 4.79 Å². The first-order valence-corrected chi connectivity index (χ1v) is 4.84. The molecule has 1 saturated carbocycles. The molecule has 1 fully saturated rings. The molecule has 72 valence electrons. The summed E-state index contributed by atoms with van der Waals surface area (Å²) >= 11 is 0. The number of rotatable bonds is 1. The van der Waals surface area contributed by atoms with Gasteiger partial charge in [-0.15, -0.1) is 0 Å². The highest BCUT2D eigenvalue weighted by molar-refractivity contribution is 5.67. The van der Waals surface area contributed by atoms with Crippen LogP contribution in [0.15, 0.2) is 24.0 Å². The predicted octanol–water partition coefficient (Wildman–Crippen LogP) is 2.67. The Bertz CT molecular complexity index is 251. The van der Waals surface area contributed by atoms with Crippen LogP contribution in [0.2, 0.25) is 0 Å². The van der Waals surface area contributed by atoms with Gasteiger partial charge in [-0.1, -0.05) is 19.9 Å². The van der Waals surface area contributed by atoms with Crippen LogP contribution in [-0.2, 0) is 9.53 Å². The first-order valence-electron chi connectivity index (χ1n) is 4.84. The van der Waals surface area contributed by atoms with Crippen molar-refractivity contribution in [2.75, 3.05) is 0 Å². The summed E-state index contributed by atoms with van der Waals surface area (Å²) in [5.41, 5.74) is 0. The number of hydrogen-bond donors (Lipinski definition) is 0. The van der Waals surface area contributed by atoms with Crippen LogP contribution in [0.5, 0.6) is 0 Å². The molecule has 0 aromatic heterocycles. The monoisotopic (exact) mass is 180 g/mol. The Morgan fingerprint density at radius 2 is 2.15 bits per heavy atom. The van der Waals surface area contributed by atoms with Crippen LogP contribution >= 0.6 is 0 Å². The summed E-state index contributed by atoms with van der Waals surface area (Å²) in [5, 5.41) is 0. The van der Waals surface area contributed by atoms with Crippen molar-refractivity contribution >= 4 is 5.97 Å². The average Bonchev–Trinajstić information content (AvgIpc) is 2.85. The number of esters is 1. The smallest absolute Gasteiger partial charge is 0.308 e. The van der Waals surface area contributed by atoms with E-state index in [0.29, 0.717) is 5.92 Å². The molecule has 0 radical (unpaired) electrons. The van der Waals surface area contributed by atoms with Gasteiger partial charge in [0.25, 0.3) is 0 Å². The SMILES string of the molecule is CC.CC(=O)OC1=CC2CC2C=C1. The molecule has 2 aliphatic rings. The molecule has 2 aliphatic carbocycles. The van der Waals surface area contributed by atoms with Crippen LogP contribution in [0, 0.1) is 11.8 Å². The van der Waals surface area contributed by atoms with Crippen molar-refractivity contribution in [3.63, 3.8) is 0 Å². The van der Waals surface area contributed by atoms with E-state index in [4.69, 9.17) is 4.74 Å². The van der Waals surface area contributed by atoms with Gasteiger partial charge in [-0.05, 0) is 30.4 Å². The third kappa shape index (κ3) is 2.72. The summed E-state index contributed by atoms with van der Waals surface area (Å²) in [6.45, 7) is 5.42. The van der Waals surface area contributed by atoms with E-state index in [0.717, 1.165) is 11.7 Å². The molecule has 2 atom stereocenters. The van der Waals surface area contributed by atoms with E-state index in [-0.39, 0.29) is 5.97 Å². The minimum absolute atomic E-state index is 0.236. The van der Waals surface area contributed by atoms with Gasteiger partial charge in [0.2, 0.25) is 0 Å². The van der Waals surface area contributed by atoms with Gasteiger partial charge < -0.3 is 4.74 Å². The van der Waals surface area contributed by atoms with Crippen LogP contribution in [0.4, 0.5) is 0 Å². The Morgan fingerprint density at radius 1 is 1.46 bits per heavy atom. The normalized spacial score (nSPS) is 27.8. The maximum atomic E-state index is 10.5. The molecule has 2 nitrogen and oxygen atoms in total.